The molecule has 0 saturated heterocycles. The van der Waals surface area contributed by atoms with Crippen molar-refractivity contribution in [3.05, 3.63) is 12.3 Å². The lowest BCUT2D eigenvalue weighted by atomic mass is 10.3. The van der Waals surface area contributed by atoms with Crippen molar-refractivity contribution in [3.8, 4) is 0 Å². The van der Waals surface area contributed by atoms with Crippen LogP contribution >= 0.6 is 0 Å². The summed E-state index contributed by atoms with van der Waals surface area (Å²) in [6.45, 7) is 2.11. The fraction of sp³-hybridized carbons (Fsp3) is 0.429. The SMILES string of the molecule is CC(=O)CCN=C/C=C\N. The Hall–Kier alpha value is -1.12. The van der Waals surface area contributed by atoms with Crippen molar-refractivity contribution in [3.63, 3.8) is 0 Å². The van der Waals surface area contributed by atoms with Gasteiger partial charge >= 0.3 is 0 Å². The van der Waals surface area contributed by atoms with Gasteiger partial charge in [-0.2, -0.15) is 0 Å². The second-order valence-electron chi connectivity index (χ2n) is 1.89. The Morgan fingerprint density at radius 2 is 2.40 bits per heavy atom. The Balaban J connectivity index is 3.27. The first-order chi connectivity index (χ1) is 4.77. The molecule has 0 unspecified atom stereocenters. The van der Waals surface area contributed by atoms with Crippen LogP contribution in [0.25, 0.3) is 0 Å². The van der Waals surface area contributed by atoms with Gasteiger partial charge in [0, 0.05) is 19.2 Å². The van der Waals surface area contributed by atoms with Gasteiger partial charge in [-0.3, -0.25) is 9.79 Å². The van der Waals surface area contributed by atoms with Crippen molar-refractivity contribution in [2.75, 3.05) is 6.54 Å². The fourth-order valence-corrected chi connectivity index (χ4v) is 0.407. The minimum absolute atomic E-state index is 0.161. The van der Waals surface area contributed by atoms with Gasteiger partial charge in [0.15, 0.2) is 0 Å². The fourth-order valence-electron chi connectivity index (χ4n) is 0.407. The van der Waals surface area contributed by atoms with Crippen molar-refractivity contribution in [1.29, 1.82) is 0 Å². The molecule has 56 valence electrons. The molecular formula is C7H12N2O. The van der Waals surface area contributed by atoms with E-state index in [9.17, 15) is 4.79 Å². The molecule has 0 bridgehead atoms. The molecule has 0 heterocycles. The Morgan fingerprint density at radius 3 is 2.90 bits per heavy atom. The predicted molar refractivity (Wildman–Crippen MR) is 42.0 cm³/mol. The third-order valence-corrected chi connectivity index (χ3v) is 0.896. The van der Waals surface area contributed by atoms with E-state index in [4.69, 9.17) is 5.73 Å². The van der Waals surface area contributed by atoms with E-state index < -0.39 is 0 Å². The molecule has 0 aliphatic heterocycles. The zero-order valence-electron chi connectivity index (χ0n) is 6.08. The number of carbonyl (C=O) groups excluding carboxylic acids is 1. The molecule has 0 aliphatic rings. The normalized spacial score (nSPS) is 11.3. The van der Waals surface area contributed by atoms with Crippen molar-refractivity contribution in [1.82, 2.24) is 0 Å². The van der Waals surface area contributed by atoms with Crippen LogP contribution in [-0.4, -0.2) is 18.5 Å². The molecule has 0 rings (SSSR count). The van der Waals surface area contributed by atoms with Gasteiger partial charge in [-0.25, -0.2) is 0 Å². The van der Waals surface area contributed by atoms with Crippen molar-refractivity contribution in [2.24, 2.45) is 10.7 Å². The highest BCUT2D eigenvalue weighted by Gasteiger charge is 1.87. The number of carbonyl (C=O) groups is 1. The monoisotopic (exact) mass is 140 g/mol. The number of hydrogen-bond donors (Lipinski definition) is 1. The number of rotatable bonds is 4. The summed E-state index contributed by atoms with van der Waals surface area (Å²) in [5, 5.41) is 0. The molecular weight excluding hydrogens is 128 g/mol. The Bertz CT molecular complexity index is 150. The molecule has 3 nitrogen and oxygen atoms in total. The summed E-state index contributed by atoms with van der Waals surface area (Å²) in [4.78, 5) is 14.2. The summed E-state index contributed by atoms with van der Waals surface area (Å²) in [5.74, 6) is 0.161. The molecule has 0 radical (unpaired) electrons. The number of nitrogens with two attached hydrogens (primary N) is 1. The van der Waals surface area contributed by atoms with E-state index in [0.29, 0.717) is 13.0 Å². The lowest BCUT2D eigenvalue weighted by Gasteiger charge is -1.85. The van der Waals surface area contributed by atoms with Crippen LogP contribution in [0.2, 0.25) is 0 Å². The minimum atomic E-state index is 0.161. The number of nitrogens with zero attached hydrogens (tertiary/aromatic N) is 1. The molecule has 10 heavy (non-hydrogen) atoms. The van der Waals surface area contributed by atoms with Crippen LogP contribution in [0.3, 0.4) is 0 Å². The van der Waals surface area contributed by atoms with E-state index in [0.717, 1.165) is 0 Å². The Labute approximate surface area is 60.6 Å². The maximum Gasteiger partial charge on any atom is 0.131 e. The number of ketones is 1. The minimum Gasteiger partial charge on any atom is -0.405 e. The molecule has 3 heteroatoms. The average Bonchev–Trinajstić information content (AvgIpc) is 1.87. The number of aliphatic imine (C=N–C) groups is 1. The van der Waals surface area contributed by atoms with Crippen molar-refractivity contribution < 1.29 is 4.79 Å². The summed E-state index contributed by atoms with van der Waals surface area (Å²) >= 11 is 0. The molecule has 0 fully saturated rings. The van der Waals surface area contributed by atoms with Crippen LogP contribution in [0.15, 0.2) is 17.3 Å². The molecule has 0 aromatic heterocycles. The standard InChI is InChI=1S/C7H12N2O/c1-7(10)3-6-9-5-2-4-8/h2,4-5H,3,6,8H2,1H3/b4-2-,9-5?. The number of hydrogen-bond acceptors (Lipinski definition) is 3. The third-order valence-electron chi connectivity index (χ3n) is 0.896. The average molecular weight is 140 g/mol. The van der Waals surface area contributed by atoms with Crippen LogP contribution in [-0.2, 0) is 4.79 Å². The van der Waals surface area contributed by atoms with Crippen LogP contribution in [0, 0.1) is 0 Å². The molecule has 0 saturated carbocycles. The molecule has 2 N–H and O–H groups in total. The number of Topliss-reactive ketones (excluding diaryl/α,β-unsaturated/α-hetero) is 1. The zero-order valence-corrected chi connectivity index (χ0v) is 6.08. The van der Waals surface area contributed by atoms with Gasteiger partial charge in [-0.05, 0) is 19.2 Å². The highest BCUT2D eigenvalue weighted by molar-refractivity contribution is 5.76. The molecule has 0 atom stereocenters. The van der Waals surface area contributed by atoms with E-state index in [1.807, 2.05) is 0 Å². The molecule has 0 spiro atoms. The largest absolute Gasteiger partial charge is 0.405 e. The van der Waals surface area contributed by atoms with E-state index in [2.05, 4.69) is 4.99 Å². The van der Waals surface area contributed by atoms with Crippen LogP contribution in [0.1, 0.15) is 13.3 Å². The van der Waals surface area contributed by atoms with Crippen LogP contribution < -0.4 is 5.73 Å². The first kappa shape index (κ1) is 8.88. The van der Waals surface area contributed by atoms with E-state index in [1.165, 1.54) is 6.20 Å². The zero-order chi connectivity index (χ0) is 7.82. The molecule has 0 amide bonds. The lowest BCUT2D eigenvalue weighted by Crippen LogP contribution is -1.92. The smallest absolute Gasteiger partial charge is 0.131 e. The van der Waals surface area contributed by atoms with Gasteiger partial charge in [0.1, 0.15) is 5.78 Å². The van der Waals surface area contributed by atoms with E-state index in [1.54, 1.807) is 19.2 Å². The van der Waals surface area contributed by atoms with E-state index >= 15 is 0 Å². The Morgan fingerprint density at radius 1 is 1.70 bits per heavy atom. The molecule has 0 aromatic rings. The maximum atomic E-state index is 10.4. The lowest BCUT2D eigenvalue weighted by molar-refractivity contribution is -0.116. The molecule has 0 aromatic carbocycles. The maximum absolute atomic E-state index is 10.4. The highest BCUT2D eigenvalue weighted by Crippen LogP contribution is 1.81. The topological polar surface area (TPSA) is 55.5 Å². The van der Waals surface area contributed by atoms with Crippen LogP contribution in [0.4, 0.5) is 0 Å². The summed E-state index contributed by atoms with van der Waals surface area (Å²) in [7, 11) is 0. The summed E-state index contributed by atoms with van der Waals surface area (Å²) in [5.41, 5.74) is 5.03. The van der Waals surface area contributed by atoms with Gasteiger partial charge in [0.2, 0.25) is 0 Å². The third kappa shape index (κ3) is 6.88. The summed E-state index contributed by atoms with van der Waals surface area (Å²) in [6, 6.07) is 0. The summed E-state index contributed by atoms with van der Waals surface area (Å²) in [6.07, 6.45) is 5.12. The first-order valence-electron chi connectivity index (χ1n) is 3.13. The van der Waals surface area contributed by atoms with Crippen molar-refractivity contribution in [2.45, 2.75) is 13.3 Å². The highest BCUT2D eigenvalue weighted by atomic mass is 16.1. The van der Waals surface area contributed by atoms with Crippen LogP contribution in [0.5, 0.6) is 0 Å². The van der Waals surface area contributed by atoms with Gasteiger partial charge in [-0.1, -0.05) is 0 Å². The predicted octanol–water partition coefficient (Wildman–Crippen LogP) is 0.509. The van der Waals surface area contributed by atoms with Gasteiger partial charge in [0.25, 0.3) is 0 Å². The van der Waals surface area contributed by atoms with Gasteiger partial charge in [-0.15, -0.1) is 0 Å². The first-order valence-corrected chi connectivity index (χ1v) is 3.13. The second-order valence-corrected chi connectivity index (χ2v) is 1.89. The Kier molecular flexibility index (Phi) is 5.33. The van der Waals surface area contributed by atoms with Gasteiger partial charge < -0.3 is 5.73 Å². The number of allylic oxidation sites excluding steroid dienone is 1. The summed E-state index contributed by atoms with van der Waals surface area (Å²) < 4.78 is 0. The quantitative estimate of drug-likeness (QED) is 0.578. The van der Waals surface area contributed by atoms with Gasteiger partial charge in [0.05, 0.1) is 0 Å². The second kappa shape index (κ2) is 6.01. The van der Waals surface area contributed by atoms with E-state index in [-0.39, 0.29) is 5.78 Å². The van der Waals surface area contributed by atoms with Crippen molar-refractivity contribution >= 4 is 12.0 Å². The molecule has 0 aliphatic carbocycles.